The van der Waals surface area contributed by atoms with Crippen LogP contribution in [0.3, 0.4) is 0 Å². The molecule has 6 heteroatoms. The first-order valence-corrected chi connectivity index (χ1v) is 5.66. The smallest absolute Gasteiger partial charge is 0.132 e. The summed E-state index contributed by atoms with van der Waals surface area (Å²) >= 11 is 0. The number of aliphatic hydroxyl groups excluding tert-OH is 2. The van der Waals surface area contributed by atoms with Gasteiger partial charge in [0, 0.05) is 25.1 Å². The van der Waals surface area contributed by atoms with Crippen LogP contribution in [0.4, 0.5) is 13.2 Å². The maximum atomic E-state index is 14.2. The lowest BCUT2D eigenvalue weighted by Gasteiger charge is -2.34. The summed E-state index contributed by atoms with van der Waals surface area (Å²) in [5.41, 5.74) is -0.174. The molecule has 0 amide bonds. The Bertz CT molecular complexity index is 410. The van der Waals surface area contributed by atoms with Gasteiger partial charge < -0.3 is 15.5 Å². The Morgan fingerprint density at radius 3 is 2.33 bits per heavy atom. The standard InChI is InChI=1S/C12H14F3NO2/c13-7-1-6(2-8(14)3-7)11(15)9-4-16-5-10(17)12(9)18/h1-3,9-12,16-18H,4-5H2/t9-,10-,11+,12-/m1/s1. The number of hydrogen-bond acceptors (Lipinski definition) is 3. The highest BCUT2D eigenvalue weighted by Gasteiger charge is 2.37. The Morgan fingerprint density at radius 2 is 1.72 bits per heavy atom. The number of rotatable bonds is 2. The highest BCUT2D eigenvalue weighted by Crippen LogP contribution is 2.31. The normalized spacial score (nSPS) is 30.2. The SMILES string of the molecule is O[C@@H]1[C@@H]([C@@H](F)c2cc(F)cc(F)c2)CNC[C@H]1O. The summed E-state index contributed by atoms with van der Waals surface area (Å²) in [6.45, 7) is 0.305. The third kappa shape index (κ3) is 2.66. The molecule has 1 aliphatic heterocycles. The minimum atomic E-state index is -1.74. The van der Waals surface area contributed by atoms with E-state index in [0.717, 1.165) is 12.1 Å². The topological polar surface area (TPSA) is 52.5 Å². The van der Waals surface area contributed by atoms with Gasteiger partial charge in [-0.3, -0.25) is 0 Å². The van der Waals surface area contributed by atoms with E-state index < -0.39 is 35.9 Å². The largest absolute Gasteiger partial charge is 0.390 e. The molecule has 0 spiro atoms. The number of benzene rings is 1. The molecule has 1 aromatic carbocycles. The van der Waals surface area contributed by atoms with Crippen molar-refractivity contribution in [3.63, 3.8) is 0 Å². The zero-order chi connectivity index (χ0) is 13.3. The van der Waals surface area contributed by atoms with Crippen molar-refractivity contribution in [2.75, 3.05) is 13.1 Å². The van der Waals surface area contributed by atoms with Crippen molar-refractivity contribution in [2.24, 2.45) is 5.92 Å². The van der Waals surface area contributed by atoms with Crippen molar-refractivity contribution in [3.05, 3.63) is 35.4 Å². The van der Waals surface area contributed by atoms with Crippen molar-refractivity contribution in [1.82, 2.24) is 5.32 Å². The van der Waals surface area contributed by atoms with Crippen LogP contribution < -0.4 is 5.32 Å². The summed E-state index contributed by atoms with van der Waals surface area (Å²) in [5.74, 6) is -2.67. The second-order valence-corrected chi connectivity index (χ2v) is 4.48. The second-order valence-electron chi connectivity index (χ2n) is 4.48. The molecule has 3 N–H and O–H groups in total. The van der Waals surface area contributed by atoms with Gasteiger partial charge in [0.1, 0.15) is 17.8 Å². The van der Waals surface area contributed by atoms with E-state index in [-0.39, 0.29) is 18.7 Å². The molecule has 0 aromatic heterocycles. The fourth-order valence-electron chi connectivity index (χ4n) is 2.18. The third-order valence-electron chi connectivity index (χ3n) is 3.15. The zero-order valence-corrected chi connectivity index (χ0v) is 9.48. The number of piperidine rings is 1. The van der Waals surface area contributed by atoms with Crippen LogP contribution in [-0.4, -0.2) is 35.5 Å². The van der Waals surface area contributed by atoms with Gasteiger partial charge in [-0.2, -0.15) is 0 Å². The van der Waals surface area contributed by atoms with Gasteiger partial charge in [0.2, 0.25) is 0 Å². The summed E-state index contributed by atoms with van der Waals surface area (Å²) in [4.78, 5) is 0. The van der Waals surface area contributed by atoms with Crippen LogP contribution in [0.1, 0.15) is 11.7 Å². The number of halogens is 3. The molecule has 1 aliphatic rings. The Morgan fingerprint density at radius 1 is 1.11 bits per heavy atom. The van der Waals surface area contributed by atoms with Crippen LogP contribution in [0.2, 0.25) is 0 Å². The van der Waals surface area contributed by atoms with Gasteiger partial charge in [-0.15, -0.1) is 0 Å². The molecule has 0 radical (unpaired) electrons. The molecule has 2 rings (SSSR count). The first-order chi connectivity index (χ1) is 8.49. The number of nitrogens with one attached hydrogen (secondary N) is 1. The van der Waals surface area contributed by atoms with Crippen LogP contribution >= 0.6 is 0 Å². The van der Waals surface area contributed by atoms with Gasteiger partial charge in [0.15, 0.2) is 0 Å². The number of hydrogen-bond donors (Lipinski definition) is 3. The molecular weight excluding hydrogens is 247 g/mol. The fourth-order valence-corrected chi connectivity index (χ4v) is 2.18. The van der Waals surface area contributed by atoms with E-state index in [1.165, 1.54) is 0 Å². The van der Waals surface area contributed by atoms with Crippen LogP contribution in [0.5, 0.6) is 0 Å². The molecule has 18 heavy (non-hydrogen) atoms. The predicted molar refractivity (Wildman–Crippen MR) is 58.6 cm³/mol. The summed E-state index contributed by atoms with van der Waals surface area (Å²) in [6, 6.07) is 2.43. The summed E-state index contributed by atoms with van der Waals surface area (Å²) in [6.07, 6.45) is -4.08. The molecule has 0 bridgehead atoms. The molecule has 4 atom stereocenters. The molecule has 1 saturated heterocycles. The maximum Gasteiger partial charge on any atom is 0.132 e. The Labute approximate surface area is 102 Å². The first-order valence-electron chi connectivity index (χ1n) is 5.66. The summed E-state index contributed by atoms with van der Waals surface area (Å²) in [5, 5.41) is 21.9. The lowest BCUT2D eigenvalue weighted by molar-refractivity contribution is -0.0580. The molecule has 0 unspecified atom stereocenters. The second kappa shape index (κ2) is 5.26. The first kappa shape index (κ1) is 13.3. The van der Waals surface area contributed by atoms with Gasteiger partial charge >= 0.3 is 0 Å². The van der Waals surface area contributed by atoms with Crippen LogP contribution in [-0.2, 0) is 0 Å². The molecule has 0 aliphatic carbocycles. The summed E-state index contributed by atoms with van der Waals surface area (Å²) < 4.78 is 40.2. The van der Waals surface area contributed by atoms with Crippen LogP contribution in [0.15, 0.2) is 18.2 Å². The number of alkyl halides is 1. The Balaban J connectivity index is 2.21. The molecule has 0 saturated carbocycles. The van der Waals surface area contributed by atoms with Crippen molar-refractivity contribution in [3.8, 4) is 0 Å². The molecule has 1 aromatic rings. The lowest BCUT2D eigenvalue weighted by Crippen LogP contribution is -2.51. The quantitative estimate of drug-likeness (QED) is 0.742. The van der Waals surface area contributed by atoms with Crippen LogP contribution in [0, 0.1) is 17.6 Å². The predicted octanol–water partition coefficient (Wildman–Crippen LogP) is 0.917. The van der Waals surface area contributed by atoms with Crippen LogP contribution in [0.25, 0.3) is 0 Å². The van der Waals surface area contributed by atoms with Gasteiger partial charge in [-0.05, 0) is 17.7 Å². The van der Waals surface area contributed by atoms with Gasteiger partial charge in [0.25, 0.3) is 0 Å². The minimum absolute atomic E-state index is 0.136. The van der Waals surface area contributed by atoms with Crippen molar-refractivity contribution in [1.29, 1.82) is 0 Å². The molecule has 1 fully saturated rings. The highest BCUT2D eigenvalue weighted by molar-refractivity contribution is 5.21. The van der Waals surface area contributed by atoms with E-state index in [2.05, 4.69) is 5.32 Å². The van der Waals surface area contributed by atoms with Gasteiger partial charge in [-0.25, -0.2) is 13.2 Å². The number of aliphatic hydroxyl groups is 2. The van der Waals surface area contributed by atoms with Gasteiger partial charge in [0.05, 0.1) is 12.2 Å². The van der Waals surface area contributed by atoms with Crippen molar-refractivity contribution in [2.45, 2.75) is 18.4 Å². The summed E-state index contributed by atoms with van der Waals surface area (Å²) in [7, 11) is 0. The molecule has 3 nitrogen and oxygen atoms in total. The monoisotopic (exact) mass is 261 g/mol. The molecule has 1 heterocycles. The van der Waals surface area contributed by atoms with E-state index in [1.807, 2.05) is 0 Å². The van der Waals surface area contributed by atoms with E-state index >= 15 is 0 Å². The van der Waals surface area contributed by atoms with Crippen molar-refractivity contribution < 1.29 is 23.4 Å². The molecule has 100 valence electrons. The van der Waals surface area contributed by atoms with E-state index in [0.29, 0.717) is 6.07 Å². The fraction of sp³-hybridized carbons (Fsp3) is 0.500. The van der Waals surface area contributed by atoms with E-state index in [1.54, 1.807) is 0 Å². The average Bonchev–Trinajstić information content (AvgIpc) is 2.30. The molecular formula is C12H14F3NO2. The minimum Gasteiger partial charge on any atom is -0.390 e. The van der Waals surface area contributed by atoms with E-state index in [4.69, 9.17) is 0 Å². The maximum absolute atomic E-state index is 14.2. The number of β-amino-alcohol motifs (C(OH)–C–C–N with tert-alkyl or cyclic N) is 1. The van der Waals surface area contributed by atoms with Gasteiger partial charge in [-0.1, -0.05) is 0 Å². The Hall–Kier alpha value is -1.11. The highest BCUT2D eigenvalue weighted by atomic mass is 19.1. The Kier molecular flexibility index (Phi) is 3.89. The zero-order valence-electron chi connectivity index (χ0n) is 9.48. The third-order valence-corrected chi connectivity index (χ3v) is 3.15. The van der Waals surface area contributed by atoms with Crippen molar-refractivity contribution >= 4 is 0 Å². The lowest BCUT2D eigenvalue weighted by atomic mass is 9.86. The average molecular weight is 261 g/mol. The van der Waals surface area contributed by atoms with E-state index in [9.17, 15) is 23.4 Å².